The van der Waals surface area contributed by atoms with Crippen molar-refractivity contribution in [3.05, 3.63) is 52.5 Å². The third kappa shape index (κ3) is 7.61. The Hall–Kier alpha value is -2.79. The summed E-state index contributed by atoms with van der Waals surface area (Å²) in [6, 6.07) is 11.4. The van der Waals surface area contributed by atoms with Gasteiger partial charge in [-0.2, -0.15) is 0 Å². The fourth-order valence-corrected chi connectivity index (χ4v) is 5.36. The normalized spacial score (nSPS) is 13.5. The van der Waals surface area contributed by atoms with Gasteiger partial charge in [-0.05, 0) is 50.1 Å². The summed E-state index contributed by atoms with van der Waals surface area (Å²) in [5.41, 5.74) is 1.10. The Balaban J connectivity index is 1.92. The van der Waals surface area contributed by atoms with Crippen molar-refractivity contribution >= 4 is 43.5 Å². The largest absolute Gasteiger partial charge is 0.486 e. The number of halogens is 1. The lowest BCUT2D eigenvalue weighted by molar-refractivity contribution is -0.139. The predicted molar refractivity (Wildman–Crippen MR) is 146 cm³/mol. The van der Waals surface area contributed by atoms with Crippen LogP contribution in [0.4, 0.5) is 5.69 Å². The van der Waals surface area contributed by atoms with E-state index in [0.29, 0.717) is 36.9 Å². The van der Waals surface area contributed by atoms with Gasteiger partial charge in [-0.3, -0.25) is 13.9 Å². The van der Waals surface area contributed by atoms with Gasteiger partial charge in [-0.1, -0.05) is 41.4 Å². The number of carbonyl (C=O) groups excluding carboxylic acids is 2. The molecule has 0 unspecified atom stereocenters. The van der Waals surface area contributed by atoms with Crippen LogP contribution in [0.15, 0.2) is 46.9 Å². The predicted octanol–water partition coefficient (Wildman–Crippen LogP) is 3.71. The summed E-state index contributed by atoms with van der Waals surface area (Å²) in [5.74, 6) is -0.0509. The number of nitrogens with one attached hydrogen (secondary N) is 1. The van der Waals surface area contributed by atoms with Crippen LogP contribution in [-0.2, 0) is 26.2 Å². The first-order valence-electron chi connectivity index (χ1n) is 12.4. The number of benzene rings is 2. The van der Waals surface area contributed by atoms with E-state index in [1.807, 2.05) is 31.2 Å². The number of amides is 2. The van der Waals surface area contributed by atoms with Crippen LogP contribution in [0, 0.1) is 0 Å². The van der Waals surface area contributed by atoms with Gasteiger partial charge < -0.3 is 19.7 Å². The van der Waals surface area contributed by atoms with Gasteiger partial charge in [0.25, 0.3) is 0 Å². The number of fused-ring (bicyclic) bond motifs is 1. The van der Waals surface area contributed by atoms with Crippen LogP contribution in [0.1, 0.15) is 39.2 Å². The van der Waals surface area contributed by atoms with Crippen LogP contribution in [-0.4, -0.2) is 63.2 Å². The Bertz CT molecular complexity index is 1210. The molecule has 1 aliphatic heterocycles. The summed E-state index contributed by atoms with van der Waals surface area (Å²) in [6.07, 6.45) is 1.75. The molecule has 2 amide bonds. The zero-order valence-corrected chi connectivity index (χ0v) is 23.8. The Labute approximate surface area is 227 Å². The van der Waals surface area contributed by atoms with Crippen LogP contribution in [0.3, 0.4) is 0 Å². The minimum absolute atomic E-state index is 0.141. The molecule has 0 aromatic heterocycles. The number of sulfonamides is 1. The molecule has 2 aromatic rings. The van der Waals surface area contributed by atoms with Crippen LogP contribution < -0.4 is 19.1 Å². The molecule has 0 saturated heterocycles. The van der Waals surface area contributed by atoms with Crippen LogP contribution in [0.25, 0.3) is 0 Å². The smallest absolute Gasteiger partial charge is 0.244 e. The van der Waals surface area contributed by atoms with E-state index in [1.165, 1.54) is 11.8 Å². The lowest BCUT2D eigenvalue weighted by Crippen LogP contribution is -2.51. The zero-order valence-electron chi connectivity index (χ0n) is 21.4. The van der Waals surface area contributed by atoms with Gasteiger partial charge in [0.1, 0.15) is 25.8 Å². The van der Waals surface area contributed by atoms with Crippen LogP contribution >= 0.6 is 15.9 Å². The molecular weight excluding hydrogens is 562 g/mol. The zero-order chi connectivity index (χ0) is 27.0. The van der Waals surface area contributed by atoms with Crippen molar-refractivity contribution < 1.29 is 27.5 Å². The Kier molecular flexibility index (Phi) is 10.2. The molecule has 11 heteroatoms. The number of ether oxygens (including phenoxy) is 2. The van der Waals surface area contributed by atoms with E-state index in [2.05, 4.69) is 21.2 Å². The third-order valence-corrected chi connectivity index (χ3v) is 8.27. The monoisotopic (exact) mass is 595 g/mol. The molecule has 1 heterocycles. The molecule has 3 rings (SSSR count). The molecule has 1 N–H and O–H groups in total. The van der Waals surface area contributed by atoms with E-state index in [1.54, 1.807) is 25.1 Å². The van der Waals surface area contributed by atoms with Gasteiger partial charge in [0.15, 0.2) is 11.5 Å². The molecule has 9 nitrogen and oxygen atoms in total. The number of carbonyl (C=O) groups is 2. The minimum Gasteiger partial charge on any atom is -0.486 e. The second-order valence-electron chi connectivity index (χ2n) is 8.71. The van der Waals surface area contributed by atoms with Crippen molar-refractivity contribution in [2.24, 2.45) is 0 Å². The molecule has 0 spiro atoms. The maximum Gasteiger partial charge on any atom is 0.244 e. The van der Waals surface area contributed by atoms with E-state index in [4.69, 9.17) is 9.47 Å². The highest BCUT2D eigenvalue weighted by molar-refractivity contribution is 9.10. The maximum atomic E-state index is 13.7. The first-order valence-corrected chi connectivity index (χ1v) is 14.8. The van der Waals surface area contributed by atoms with Crippen molar-refractivity contribution in [2.75, 3.05) is 36.4 Å². The molecule has 0 saturated carbocycles. The van der Waals surface area contributed by atoms with Gasteiger partial charge in [-0.15, -0.1) is 0 Å². The van der Waals surface area contributed by atoms with Crippen molar-refractivity contribution in [1.82, 2.24) is 10.2 Å². The molecule has 37 heavy (non-hydrogen) atoms. The van der Waals surface area contributed by atoms with E-state index in [9.17, 15) is 18.0 Å². The highest BCUT2D eigenvalue weighted by atomic mass is 79.9. The lowest BCUT2D eigenvalue weighted by atomic mass is 10.1. The maximum absolute atomic E-state index is 13.7. The van der Waals surface area contributed by atoms with Gasteiger partial charge in [0.2, 0.25) is 21.8 Å². The van der Waals surface area contributed by atoms with E-state index in [-0.39, 0.29) is 18.2 Å². The number of rotatable bonds is 12. The number of nitrogens with zero attached hydrogens (tertiary/aromatic N) is 2. The number of anilines is 1. The minimum atomic E-state index is -3.83. The first-order chi connectivity index (χ1) is 17.7. The molecule has 1 aliphatic rings. The van der Waals surface area contributed by atoms with Crippen molar-refractivity contribution in [3.63, 3.8) is 0 Å². The molecule has 1 atom stereocenters. The summed E-state index contributed by atoms with van der Waals surface area (Å²) in [6.45, 7) is 6.14. The first kappa shape index (κ1) is 28.8. The summed E-state index contributed by atoms with van der Waals surface area (Å²) in [4.78, 5) is 28.0. The van der Waals surface area contributed by atoms with E-state index >= 15 is 0 Å². The second-order valence-corrected chi connectivity index (χ2v) is 11.8. The molecule has 202 valence electrons. The quantitative estimate of drug-likeness (QED) is 0.375. The number of unbranched alkanes of at least 4 members (excludes halogenated alkanes) is 1. The fourth-order valence-electron chi connectivity index (χ4n) is 3.86. The Morgan fingerprint density at radius 1 is 1.08 bits per heavy atom. The lowest BCUT2D eigenvalue weighted by Gasteiger charge is -2.32. The van der Waals surface area contributed by atoms with E-state index in [0.717, 1.165) is 27.2 Å². The Morgan fingerprint density at radius 2 is 1.81 bits per heavy atom. The van der Waals surface area contributed by atoms with E-state index < -0.39 is 28.5 Å². The standard InChI is InChI=1S/C26H34BrN3O6S/c1-4-6-12-28-26(32)19(3)29(17-20-8-7-9-21(27)15-20)25(31)18-30(37(33,34)5-2)22-10-11-23-24(16-22)36-14-13-35-23/h7-11,15-16,19H,4-6,12-14,17-18H2,1-3H3,(H,28,32)/t19-/m1/s1. The SMILES string of the molecule is CCCCNC(=O)[C@@H](C)N(Cc1cccc(Br)c1)C(=O)CN(c1ccc2c(c1)OCCO2)S(=O)(=O)CC. The highest BCUT2D eigenvalue weighted by Crippen LogP contribution is 2.35. The molecule has 2 aromatic carbocycles. The van der Waals surface area contributed by atoms with Crippen molar-refractivity contribution in [1.29, 1.82) is 0 Å². The average Bonchev–Trinajstić information content (AvgIpc) is 2.89. The molecule has 0 aliphatic carbocycles. The van der Waals surface area contributed by atoms with Gasteiger partial charge in [0, 0.05) is 23.6 Å². The van der Waals surface area contributed by atoms with Gasteiger partial charge >= 0.3 is 0 Å². The fraction of sp³-hybridized carbons (Fsp3) is 0.462. The van der Waals surface area contributed by atoms with Crippen molar-refractivity contribution in [3.8, 4) is 11.5 Å². The third-order valence-electron chi connectivity index (χ3n) is 6.03. The molecule has 0 fully saturated rings. The van der Waals surface area contributed by atoms with Crippen molar-refractivity contribution in [2.45, 2.75) is 46.2 Å². The number of hydrogen-bond acceptors (Lipinski definition) is 6. The topological polar surface area (TPSA) is 105 Å². The summed E-state index contributed by atoms with van der Waals surface area (Å²) in [5, 5.41) is 2.87. The molecule has 0 radical (unpaired) electrons. The molecule has 0 bridgehead atoms. The van der Waals surface area contributed by atoms with Gasteiger partial charge in [-0.25, -0.2) is 8.42 Å². The molecular formula is C26H34BrN3O6S. The van der Waals surface area contributed by atoms with Crippen LogP contribution in [0.2, 0.25) is 0 Å². The second kappa shape index (κ2) is 13.1. The highest BCUT2D eigenvalue weighted by Gasteiger charge is 2.31. The average molecular weight is 597 g/mol. The summed E-state index contributed by atoms with van der Waals surface area (Å²) in [7, 11) is -3.83. The summed E-state index contributed by atoms with van der Waals surface area (Å²) >= 11 is 3.44. The number of hydrogen-bond donors (Lipinski definition) is 1. The van der Waals surface area contributed by atoms with Gasteiger partial charge in [0.05, 0.1) is 11.4 Å². The summed E-state index contributed by atoms with van der Waals surface area (Å²) < 4.78 is 39.3. The Morgan fingerprint density at radius 3 is 2.49 bits per heavy atom. The van der Waals surface area contributed by atoms with Crippen LogP contribution in [0.5, 0.6) is 11.5 Å².